The topological polar surface area (TPSA) is 24.9 Å². The minimum absolute atomic E-state index is 0.275. The standard InChI is InChI=1S/C16H17ClN2/c1-11(13-4-2-6-14(17)10-13)19-15-8-7-12-5-3-9-18-16(12)15/h2-6,9-11,15,19H,7-8H2,1H3/t11-,15?/m0/s1. The molecule has 1 aliphatic carbocycles. The highest BCUT2D eigenvalue weighted by molar-refractivity contribution is 6.30. The van der Waals surface area contributed by atoms with Gasteiger partial charge in [-0.25, -0.2) is 0 Å². The first kappa shape index (κ1) is 12.6. The van der Waals surface area contributed by atoms with E-state index in [0.717, 1.165) is 17.9 Å². The number of nitrogens with one attached hydrogen (secondary N) is 1. The monoisotopic (exact) mass is 272 g/mol. The molecule has 0 fully saturated rings. The largest absolute Gasteiger partial charge is 0.302 e. The molecule has 2 aromatic rings. The van der Waals surface area contributed by atoms with Crippen LogP contribution in [-0.4, -0.2) is 4.98 Å². The van der Waals surface area contributed by atoms with E-state index in [2.05, 4.69) is 29.4 Å². The van der Waals surface area contributed by atoms with Crippen molar-refractivity contribution in [1.82, 2.24) is 10.3 Å². The number of aromatic nitrogens is 1. The predicted octanol–water partition coefficient (Wildman–Crippen LogP) is 4.07. The van der Waals surface area contributed by atoms with Gasteiger partial charge in [-0.05, 0) is 49.1 Å². The van der Waals surface area contributed by atoms with E-state index in [-0.39, 0.29) is 6.04 Å². The van der Waals surface area contributed by atoms with Crippen LogP contribution in [0.25, 0.3) is 0 Å². The number of fused-ring (bicyclic) bond motifs is 1. The maximum Gasteiger partial charge on any atom is 0.0605 e. The summed E-state index contributed by atoms with van der Waals surface area (Å²) < 4.78 is 0. The Balaban J connectivity index is 1.76. The van der Waals surface area contributed by atoms with Crippen molar-refractivity contribution in [3.05, 3.63) is 64.4 Å². The summed E-state index contributed by atoms with van der Waals surface area (Å²) in [5.41, 5.74) is 3.80. The summed E-state index contributed by atoms with van der Waals surface area (Å²) in [6, 6.07) is 12.9. The average Bonchev–Trinajstić information content (AvgIpc) is 2.82. The van der Waals surface area contributed by atoms with Crippen molar-refractivity contribution < 1.29 is 0 Å². The molecule has 0 aliphatic heterocycles. The Morgan fingerprint density at radius 3 is 3.05 bits per heavy atom. The first-order valence-corrected chi connectivity index (χ1v) is 7.07. The van der Waals surface area contributed by atoms with Crippen molar-refractivity contribution in [2.75, 3.05) is 0 Å². The zero-order valence-corrected chi connectivity index (χ0v) is 11.7. The van der Waals surface area contributed by atoms with E-state index in [0.29, 0.717) is 6.04 Å². The molecule has 0 spiro atoms. The summed E-state index contributed by atoms with van der Waals surface area (Å²) in [6.45, 7) is 2.17. The molecular formula is C16H17ClN2. The number of benzene rings is 1. The van der Waals surface area contributed by atoms with Gasteiger partial charge in [0.1, 0.15) is 0 Å². The van der Waals surface area contributed by atoms with Gasteiger partial charge in [0.15, 0.2) is 0 Å². The van der Waals surface area contributed by atoms with Crippen molar-refractivity contribution in [2.45, 2.75) is 31.8 Å². The summed E-state index contributed by atoms with van der Waals surface area (Å²) in [5.74, 6) is 0. The second-order valence-corrected chi connectivity index (χ2v) is 5.52. The highest BCUT2D eigenvalue weighted by Crippen LogP contribution is 2.31. The van der Waals surface area contributed by atoms with E-state index in [4.69, 9.17) is 11.6 Å². The van der Waals surface area contributed by atoms with Gasteiger partial charge in [0, 0.05) is 17.3 Å². The molecule has 0 bridgehead atoms. The van der Waals surface area contributed by atoms with Crippen LogP contribution >= 0.6 is 11.6 Å². The van der Waals surface area contributed by atoms with E-state index < -0.39 is 0 Å². The van der Waals surface area contributed by atoms with Gasteiger partial charge in [0.05, 0.1) is 11.7 Å². The Labute approximate surface area is 118 Å². The Morgan fingerprint density at radius 1 is 1.32 bits per heavy atom. The average molecular weight is 273 g/mol. The number of hydrogen-bond donors (Lipinski definition) is 1. The number of rotatable bonds is 3. The number of pyridine rings is 1. The Hall–Kier alpha value is -1.38. The lowest BCUT2D eigenvalue weighted by atomic mass is 10.1. The van der Waals surface area contributed by atoms with Gasteiger partial charge in [0.25, 0.3) is 0 Å². The smallest absolute Gasteiger partial charge is 0.0605 e. The fourth-order valence-electron chi connectivity index (χ4n) is 2.75. The van der Waals surface area contributed by atoms with Gasteiger partial charge in [-0.3, -0.25) is 4.98 Å². The predicted molar refractivity (Wildman–Crippen MR) is 78.3 cm³/mol. The number of halogens is 1. The number of hydrogen-bond acceptors (Lipinski definition) is 2. The van der Waals surface area contributed by atoms with Gasteiger partial charge in [-0.1, -0.05) is 29.8 Å². The Morgan fingerprint density at radius 2 is 2.21 bits per heavy atom. The number of aryl methyl sites for hydroxylation is 1. The van der Waals surface area contributed by atoms with Crippen LogP contribution in [0.2, 0.25) is 5.02 Å². The summed E-state index contributed by atoms with van der Waals surface area (Å²) in [4.78, 5) is 4.52. The van der Waals surface area contributed by atoms with Crippen molar-refractivity contribution in [2.24, 2.45) is 0 Å². The van der Waals surface area contributed by atoms with E-state index >= 15 is 0 Å². The molecule has 2 atom stereocenters. The van der Waals surface area contributed by atoms with Gasteiger partial charge in [-0.15, -0.1) is 0 Å². The maximum absolute atomic E-state index is 6.05. The van der Waals surface area contributed by atoms with Crippen molar-refractivity contribution in [1.29, 1.82) is 0 Å². The Kier molecular flexibility index (Phi) is 3.54. The van der Waals surface area contributed by atoms with E-state index in [1.54, 1.807) is 0 Å². The molecule has 1 aromatic carbocycles. The molecule has 3 heteroatoms. The molecule has 1 heterocycles. The zero-order chi connectivity index (χ0) is 13.2. The fourth-order valence-corrected chi connectivity index (χ4v) is 2.95. The zero-order valence-electron chi connectivity index (χ0n) is 10.9. The molecule has 19 heavy (non-hydrogen) atoms. The third-order valence-corrected chi connectivity index (χ3v) is 3.99. The van der Waals surface area contributed by atoms with E-state index in [1.807, 2.05) is 30.5 Å². The first-order valence-electron chi connectivity index (χ1n) is 6.69. The van der Waals surface area contributed by atoms with Gasteiger partial charge in [-0.2, -0.15) is 0 Å². The molecule has 0 saturated heterocycles. The van der Waals surface area contributed by atoms with Crippen molar-refractivity contribution in [3.8, 4) is 0 Å². The van der Waals surface area contributed by atoms with Gasteiger partial charge < -0.3 is 5.32 Å². The second kappa shape index (κ2) is 5.32. The molecule has 1 unspecified atom stereocenters. The second-order valence-electron chi connectivity index (χ2n) is 5.08. The van der Waals surface area contributed by atoms with Crippen LogP contribution in [0.1, 0.15) is 42.2 Å². The molecule has 3 rings (SSSR count). The molecule has 0 amide bonds. The molecule has 98 valence electrons. The van der Waals surface area contributed by atoms with Crippen LogP contribution in [-0.2, 0) is 6.42 Å². The molecule has 0 radical (unpaired) electrons. The van der Waals surface area contributed by atoms with Crippen LogP contribution in [0.15, 0.2) is 42.6 Å². The van der Waals surface area contributed by atoms with Crippen molar-refractivity contribution in [3.63, 3.8) is 0 Å². The fraction of sp³-hybridized carbons (Fsp3) is 0.312. The third kappa shape index (κ3) is 2.65. The van der Waals surface area contributed by atoms with E-state index in [9.17, 15) is 0 Å². The third-order valence-electron chi connectivity index (χ3n) is 3.76. The molecule has 1 N–H and O–H groups in total. The lowest BCUT2D eigenvalue weighted by Gasteiger charge is -2.20. The normalized spacial score (nSPS) is 19.2. The summed E-state index contributed by atoms with van der Waals surface area (Å²) in [6.07, 6.45) is 4.11. The highest BCUT2D eigenvalue weighted by Gasteiger charge is 2.24. The van der Waals surface area contributed by atoms with Crippen LogP contribution in [0.5, 0.6) is 0 Å². The lowest BCUT2D eigenvalue weighted by Crippen LogP contribution is -2.23. The molecule has 0 saturated carbocycles. The summed E-state index contributed by atoms with van der Waals surface area (Å²) in [5, 5.41) is 4.45. The lowest BCUT2D eigenvalue weighted by molar-refractivity contribution is 0.458. The molecule has 1 aromatic heterocycles. The van der Waals surface area contributed by atoms with Crippen LogP contribution in [0, 0.1) is 0 Å². The van der Waals surface area contributed by atoms with Gasteiger partial charge in [0.2, 0.25) is 0 Å². The van der Waals surface area contributed by atoms with E-state index in [1.165, 1.54) is 16.8 Å². The maximum atomic E-state index is 6.05. The minimum atomic E-state index is 0.275. The quantitative estimate of drug-likeness (QED) is 0.911. The van der Waals surface area contributed by atoms with Crippen LogP contribution in [0.4, 0.5) is 0 Å². The highest BCUT2D eigenvalue weighted by atomic mass is 35.5. The summed E-state index contributed by atoms with van der Waals surface area (Å²) in [7, 11) is 0. The van der Waals surface area contributed by atoms with Gasteiger partial charge >= 0.3 is 0 Å². The number of nitrogens with zero attached hydrogens (tertiary/aromatic N) is 1. The molecule has 2 nitrogen and oxygen atoms in total. The first-order chi connectivity index (χ1) is 9.24. The van der Waals surface area contributed by atoms with Crippen LogP contribution < -0.4 is 5.32 Å². The minimum Gasteiger partial charge on any atom is -0.302 e. The molecule has 1 aliphatic rings. The van der Waals surface area contributed by atoms with Crippen molar-refractivity contribution >= 4 is 11.6 Å². The Bertz CT molecular complexity index is 582. The SMILES string of the molecule is C[C@H](NC1CCc2cccnc21)c1cccc(Cl)c1. The molecular weight excluding hydrogens is 256 g/mol. The van der Waals surface area contributed by atoms with Crippen LogP contribution in [0.3, 0.4) is 0 Å². The summed E-state index contributed by atoms with van der Waals surface area (Å²) >= 11 is 6.05.